The fourth-order valence-corrected chi connectivity index (χ4v) is 3.80. The monoisotopic (exact) mass is 299 g/mol. The van der Waals surface area contributed by atoms with Crippen LogP contribution in [-0.2, 0) is 5.75 Å². The molecule has 0 bridgehead atoms. The van der Waals surface area contributed by atoms with Gasteiger partial charge in [-0.3, -0.25) is 0 Å². The highest BCUT2D eigenvalue weighted by atomic mass is 32.2. The first-order valence-corrected chi connectivity index (χ1v) is 8.18. The molecule has 0 aliphatic rings. The zero-order chi connectivity index (χ0) is 13.0. The molecule has 2 N–H and O–H groups in total. The second-order valence-corrected chi connectivity index (χ2v) is 6.65. The van der Waals surface area contributed by atoms with Gasteiger partial charge in [0.05, 0.1) is 7.11 Å². The van der Waals surface area contributed by atoms with Crippen LogP contribution >= 0.6 is 34.9 Å². The summed E-state index contributed by atoms with van der Waals surface area (Å²) in [4.78, 5) is 0. The van der Waals surface area contributed by atoms with Crippen LogP contribution in [0.3, 0.4) is 0 Å². The van der Waals surface area contributed by atoms with Gasteiger partial charge in [-0.1, -0.05) is 34.9 Å². The second-order valence-electron chi connectivity index (χ2n) is 3.40. The molecule has 7 heteroatoms. The summed E-state index contributed by atoms with van der Waals surface area (Å²) < 4.78 is 7.25. The molecule has 2 aromatic rings. The van der Waals surface area contributed by atoms with E-state index < -0.39 is 0 Å². The van der Waals surface area contributed by atoms with E-state index in [0.29, 0.717) is 0 Å². The number of hydrogen-bond donors (Lipinski definition) is 1. The number of nitrogens with two attached hydrogens (primary N) is 1. The van der Waals surface area contributed by atoms with Gasteiger partial charge in [-0.25, -0.2) is 0 Å². The zero-order valence-electron chi connectivity index (χ0n) is 10.0. The SMILES string of the molecule is COc1ccc(N)cc1CSc1nnc(SC)s1. The summed E-state index contributed by atoms with van der Waals surface area (Å²) in [5, 5.41) is 8.18. The Bertz CT molecular complexity index is 530. The normalized spacial score (nSPS) is 10.6. The number of hydrogen-bond acceptors (Lipinski definition) is 7. The molecule has 0 aliphatic carbocycles. The molecule has 0 amide bonds. The molecule has 96 valence electrons. The Balaban J connectivity index is 2.07. The van der Waals surface area contributed by atoms with E-state index in [1.807, 2.05) is 24.5 Å². The van der Waals surface area contributed by atoms with Crippen molar-refractivity contribution in [3.05, 3.63) is 23.8 Å². The smallest absolute Gasteiger partial charge is 0.175 e. The van der Waals surface area contributed by atoms with Gasteiger partial charge < -0.3 is 10.5 Å². The summed E-state index contributed by atoms with van der Waals surface area (Å²) in [6.45, 7) is 0. The molecule has 18 heavy (non-hydrogen) atoms. The van der Waals surface area contributed by atoms with Gasteiger partial charge in [0, 0.05) is 17.0 Å². The molecular weight excluding hydrogens is 286 g/mol. The van der Waals surface area contributed by atoms with Crippen LogP contribution in [0.1, 0.15) is 5.56 Å². The van der Waals surface area contributed by atoms with E-state index in [-0.39, 0.29) is 0 Å². The predicted octanol–water partition coefficient (Wildman–Crippen LogP) is 3.14. The van der Waals surface area contributed by atoms with Gasteiger partial charge in [0.15, 0.2) is 8.68 Å². The Morgan fingerprint density at radius 1 is 1.33 bits per heavy atom. The van der Waals surface area contributed by atoms with Crippen molar-refractivity contribution < 1.29 is 4.74 Å². The number of nitrogens with zero attached hydrogens (tertiary/aromatic N) is 2. The van der Waals surface area contributed by atoms with Gasteiger partial charge in [-0.05, 0) is 24.5 Å². The highest BCUT2D eigenvalue weighted by molar-refractivity contribution is 8.02. The average molecular weight is 299 g/mol. The fourth-order valence-electron chi connectivity index (χ4n) is 1.39. The first-order valence-electron chi connectivity index (χ1n) is 5.15. The summed E-state index contributed by atoms with van der Waals surface area (Å²) in [5.74, 6) is 1.63. The Morgan fingerprint density at radius 2 is 2.11 bits per heavy atom. The topological polar surface area (TPSA) is 61.0 Å². The lowest BCUT2D eigenvalue weighted by Crippen LogP contribution is -1.93. The van der Waals surface area contributed by atoms with Crippen LogP contribution in [-0.4, -0.2) is 23.6 Å². The second kappa shape index (κ2) is 6.31. The van der Waals surface area contributed by atoms with Crippen molar-refractivity contribution in [2.24, 2.45) is 0 Å². The summed E-state index contributed by atoms with van der Waals surface area (Å²) in [6, 6.07) is 5.66. The molecule has 0 radical (unpaired) electrons. The summed E-state index contributed by atoms with van der Waals surface area (Å²) >= 11 is 4.85. The van der Waals surface area contributed by atoms with Gasteiger partial charge in [0.25, 0.3) is 0 Å². The van der Waals surface area contributed by atoms with E-state index in [2.05, 4.69) is 10.2 Å². The zero-order valence-corrected chi connectivity index (χ0v) is 12.5. The van der Waals surface area contributed by atoms with Crippen molar-refractivity contribution >= 4 is 40.5 Å². The molecular formula is C11H13N3OS3. The summed E-state index contributed by atoms with van der Waals surface area (Å²) in [7, 11) is 1.66. The van der Waals surface area contributed by atoms with Crippen LogP contribution in [0.5, 0.6) is 5.75 Å². The lowest BCUT2D eigenvalue weighted by atomic mass is 10.2. The Morgan fingerprint density at radius 3 is 2.78 bits per heavy atom. The van der Waals surface area contributed by atoms with E-state index in [9.17, 15) is 0 Å². The maximum Gasteiger partial charge on any atom is 0.175 e. The number of methoxy groups -OCH3 is 1. The van der Waals surface area contributed by atoms with Gasteiger partial charge in [0.2, 0.25) is 0 Å². The Labute approximate surface area is 118 Å². The Hall–Kier alpha value is -0.920. The van der Waals surface area contributed by atoms with E-state index in [0.717, 1.165) is 31.4 Å². The average Bonchev–Trinajstić information content (AvgIpc) is 2.84. The van der Waals surface area contributed by atoms with E-state index in [4.69, 9.17) is 10.5 Å². The molecule has 0 atom stereocenters. The molecule has 2 rings (SSSR count). The minimum absolute atomic E-state index is 0.744. The van der Waals surface area contributed by atoms with Gasteiger partial charge in [-0.2, -0.15) is 0 Å². The summed E-state index contributed by atoms with van der Waals surface area (Å²) in [5.41, 5.74) is 7.60. The lowest BCUT2D eigenvalue weighted by Gasteiger charge is -2.07. The maximum absolute atomic E-state index is 5.78. The van der Waals surface area contributed by atoms with Gasteiger partial charge >= 0.3 is 0 Å². The number of nitrogen functional groups attached to an aromatic ring is 1. The van der Waals surface area contributed by atoms with E-state index >= 15 is 0 Å². The van der Waals surface area contributed by atoms with Crippen molar-refractivity contribution in [2.45, 2.75) is 14.4 Å². The number of ether oxygens (including phenoxy) is 1. The van der Waals surface area contributed by atoms with Crippen molar-refractivity contribution in [3.63, 3.8) is 0 Å². The molecule has 0 fully saturated rings. The number of benzene rings is 1. The maximum atomic E-state index is 5.78. The van der Waals surface area contributed by atoms with Crippen LogP contribution in [0.25, 0.3) is 0 Å². The van der Waals surface area contributed by atoms with Crippen LogP contribution in [0.2, 0.25) is 0 Å². The molecule has 0 aliphatic heterocycles. The van der Waals surface area contributed by atoms with E-state index in [1.165, 1.54) is 0 Å². The predicted molar refractivity (Wildman–Crippen MR) is 78.7 cm³/mol. The number of rotatable bonds is 5. The molecule has 1 heterocycles. The molecule has 0 saturated carbocycles. The van der Waals surface area contributed by atoms with Gasteiger partial charge in [-0.15, -0.1) is 10.2 Å². The van der Waals surface area contributed by atoms with Crippen LogP contribution in [0.4, 0.5) is 5.69 Å². The molecule has 1 aromatic carbocycles. The van der Waals surface area contributed by atoms with Crippen LogP contribution in [0.15, 0.2) is 26.9 Å². The van der Waals surface area contributed by atoms with Crippen molar-refractivity contribution in [1.29, 1.82) is 0 Å². The minimum Gasteiger partial charge on any atom is -0.496 e. The highest BCUT2D eigenvalue weighted by Crippen LogP contribution is 2.32. The minimum atomic E-state index is 0.744. The first-order chi connectivity index (χ1) is 8.72. The first kappa shape index (κ1) is 13.5. The molecule has 0 unspecified atom stereocenters. The third-order valence-electron chi connectivity index (χ3n) is 2.22. The summed E-state index contributed by atoms with van der Waals surface area (Å²) in [6.07, 6.45) is 2.00. The molecule has 4 nitrogen and oxygen atoms in total. The largest absolute Gasteiger partial charge is 0.496 e. The Kier molecular flexibility index (Phi) is 4.73. The van der Waals surface area contributed by atoms with Crippen LogP contribution in [0, 0.1) is 0 Å². The third-order valence-corrected chi connectivity index (χ3v) is 5.30. The van der Waals surface area contributed by atoms with Crippen LogP contribution < -0.4 is 10.5 Å². The van der Waals surface area contributed by atoms with Crippen molar-refractivity contribution in [2.75, 3.05) is 19.1 Å². The molecule has 0 saturated heterocycles. The number of anilines is 1. The molecule has 1 aromatic heterocycles. The third kappa shape index (κ3) is 3.30. The number of thioether (sulfide) groups is 2. The quantitative estimate of drug-likeness (QED) is 0.676. The van der Waals surface area contributed by atoms with Gasteiger partial charge in [0.1, 0.15) is 5.75 Å². The number of aromatic nitrogens is 2. The van der Waals surface area contributed by atoms with Crippen molar-refractivity contribution in [1.82, 2.24) is 10.2 Å². The van der Waals surface area contributed by atoms with E-state index in [1.54, 1.807) is 42.0 Å². The lowest BCUT2D eigenvalue weighted by molar-refractivity contribution is 0.411. The molecule has 0 spiro atoms. The van der Waals surface area contributed by atoms with Crippen molar-refractivity contribution in [3.8, 4) is 5.75 Å². The highest BCUT2D eigenvalue weighted by Gasteiger charge is 2.08. The standard InChI is InChI=1S/C11H13N3OS3/c1-15-9-4-3-8(12)5-7(9)6-17-11-14-13-10(16-2)18-11/h3-5H,6,12H2,1-2H3. The fraction of sp³-hybridized carbons (Fsp3) is 0.273.